The van der Waals surface area contributed by atoms with Gasteiger partial charge in [0.1, 0.15) is 5.69 Å². The topological polar surface area (TPSA) is 54.9 Å². The minimum atomic E-state index is -0.215. The van der Waals surface area contributed by atoms with Gasteiger partial charge in [0.05, 0.1) is 6.20 Å². The van der Waals surface area contributed by atoms with Crippen LogP contribution in [0.15, 0.2) is 18.6 Å². The van der Waals surface area contributed by atoms with Crippen molar-refractivity contribution < 1.29 is 6.22 Å². The van der Waals surface area contributed by atoms with Crippen molar-refractivity contribution in [3.63, 3.8) is 0 Å². The van der Waals surface area contributed by atoms with Crippen LogP contribution in [0.4, 0.5) is 0 Å². The molecular weight excluding hydrogens is 130 g/mol. The first-order valence-electron chi connectivity index (χ1n) is 2.82. The van der Waals surface area contributed by atoms with Gasteiger partial charge < -0.3 is 5.32 Å². The van der Waals surface area contributed by atoms with Crippen LogP contribution < -0.4 is 5.32 Å². The van der Waals surface area contributed by atoms with E-state index in [1.165, 1.54) is 18.6 Å². The van der Waals surface area contributed by atoms with Crippen LogP contribution in [-0.4, -0.2) is 22.9 Å². The Kier molecular flexibility index (Phi) is 1.94. The van der Waals surface area contributed by atoms with E-state index < -0.39 is 0 Å². The van der Waals surface area contributed by atoms with E-state index in [0.717, 1.165) is 0 Å². The fourth-order valence-electron chi connectivity index (χ4n) is 0.544. The number of amides is 1. The lowest BCUT2D eigenvalue weighted by molar-refractivity contribution is 0.0958. The number of nitrogens with zero attached hydrogens (tertiary/aromatic N) is 2. The average molecular weight is 139 g/mol. The second-order valence-corrected chi connectivity index (χ2v) is 1.67. The van der Waals surface area contributed by atoms with Crippen LogP contribution in [0.2, 0.25) is 0 Å². The molecule has 0 unspecified atom stereocenters. The summed E-state index contributed by atoms with van der Waals surface area (Å²) in [5.41, 5.74) is 0.338. The van der Waals surface area contributed by atoms with Crippen molar-refractivity contribution in [2.24, 2.45) is 0 Å². The summed E-state index contributed by atoms with van der Waals surface area (Å²) in [5, 5.41) is 2.44. The van der Waals surface area contributed by atoms with Gasteiger partial charge in [0.25, 0.3) is 5.91 Å². The molecule has 0 radical (unpaired) electrons. The summed E-state index contributed by atoms with van der Waals surface area (Å²) in [7, 11) is 1.55. The molecule has 0 bridgehead atoms. The van der Waals surface area contributed by atoms with E-state index in [0.29, 0.717) is 5.69 Å². The molecule has 0 fully saturated rings. The van der Waals surface area contributed by atoms with Gasteiger partial charge in [-0.05, 0) is 0 Å². The number of nitrogens with one attached hydrogen (secondary N) is 1. The highest BCUT2D eigenvalue weighted by atomic mass is 16.1. The molecule has 1 aromatic heterocycles. The van der Waals surface area contributed by atoms with Crippen LogP contribution in [0.5, 0.6) is 0 Å². The molecule has 1 amide bonds. The molecule has 54 valence electrons. The van der Waals surface area contributed by atoms with Crippen molar-refractivity contribution in [1.29, 1.82) is 0 Å². The highest BCUT2D eigenvalue weighted by Gasteiger charge is 2.01. The van der Waals surface area contributed by atoms with Gasteiger partial charge in [0.15, 0.2) is 0 Å². The summed E-state index contributed by atoms with van der Waals surface area (Å²) in [6.07, 6.45) is 4.41. The largest absolute Gasteiger partial charge is 0.354 e. The van der Waals surface area contributed by atoms with Crippen LogP contribution in [0.1, 0.15) is 11.9 Å². The number of hydrogen-bond acceptors (Lipinski definition) is 3. The first kappa shape index (κ1) is 6.67. The van der Waals surface area contributed by atoms with E-state index in [2.05, 4.69) is 15.3 Å². The van der Waals surface area contributed by atoms with Crippen molar-refractivity contribution in [3.05, 3.63) is 24.3 Å². The third-order valence-electron chi connectivity index (χ3n) is 1.02. The van der Waals surface area contributed by atoms with E-state index in [-0.39, 0.29) is 7.33 Å². The van der Waals surface area contributed by atoms with Gasteiger partial charge in [-0.15, -0.1) is 0 Å². The fraction of sp³-hybridized carbons (Fsp3) is 0.167. The Morgan fingerprint density at radius 2 is 2.50 bits per heavy atom. The van der Waals surface area contributed by atoms with Crippen LogP contribution >= 0.6 is 0 Å². The van der Waals surface area contributed by atoms with Crippen LogP contribution in [0.3, 0.4) is 0 Å². The lowest BCUT2D eigenvalue weighted by Gasteiger charge is -1.94. The third-order valence-corrected chi connectivity index (χ3v) is 1.02. The molecule has 1 heterocycles. The predicted molar refractivity (Wildman–Crippen MR) is 37.5 cm³/mol. The minimum absolute atomic E-state index is 0. The first-order valence-corrected chi connectivity index (χ1v) is 2.82. The zero-order valence-corrected chi connectivity index (χ0v) is 5.53. The summed E-state index contributed by atoms with van der Waals surface area (Å²) in [6, 6.07) is 0. The van der Waals surface area contributed by atoms with E-state index in [1.807, 2.05) is 0 Å². The van der Waals surface area contributed by atoms with Crippen molar-refractivity contribution in [2.45, 2.75) is 0 Å². The Balaban J connectivity index is 0.000001000. The maximum absolute atomic E-state index is 10.8. The fourth-order valence-corrected chi connectivity index (χ4v) is 0.544. The molecule has 0 atom stereocenters. The molecule has 0 aromatic carbocycles. The van der Waals surface area contributed by atoms with Crippen LogP contribution in [0.25, 0.3) is 0 Å². The lowest BCUT2D eigenvalue weighted by atomic mass is 10.4. The minimum Gasteiger partial charge on any atom is -0.354 e. The van der Waals surface area contributed by atoms with Gasteiger partial charge in [-0.1, -0.05) is 0 Å². The molecule has 1 aromatic rings. The molecule has 1 N–H and O–H groups in total. The van der Waals surface area contributed by atoms with Gasteiger partial charge in [0, 0.05) is 20.9 Å². The molecule has 4 nitrogen and oxygen atoms in total. The molecule has 0 spiro atoms. The van der Waals surface area contributed by atoms with Crippen molar-refractivity contribution in [1.82, 2.24) is 15.3 Å². The monoisotopic (exact) mass is 139 g/mol. The van der Waals surface area contributed by atoms with E-state index in [4.69, 9.17) is 0 Å². The SMILES string of the molecule is CNC(=O)c1cnccn1.[HH]. The van der Waals surface area contributed by atoms with Crippen molar-refractivity contribution >= 4 is 5.91 Å². The summed E-state index contributed by atoms with van der Waals surface area (Å²) in [5.74, 6) is -0.215. The molecule has 0 aliphatic heterocycles. The molecule has 0 saturated heterocycles. The Morgan fingerprint density at radius 3 is 3.00 bits per heavy atom. The van der Waals surface area contributed by atoms with Gasteiger partial charge in [-0.2, -0.15) is 0 Å². The van der Waals surface area contributed by atoms with E-state index in [1.54, 1.807) is 7.05 Å². The Hall–Kier alpha value is -1.45. The van der Waals surface area contributed by atoms with Crippen molar-refractivity contribution in [3.8, 4) is 0 Å². The zero-order chi connectivity index (χ0) is 7.40. The number of hydrogen-bond donors (Lipinski definition) is 1. The maximum Gasteiger partial charge on any atom is 0.271 e. The molecule has 10 heavy (non-hydrogen) atoms. The summed E-state index contributed by atoms with van der Waals surface area (Å²) >= 11 is 0. The van der Waals surface area contributed by atoms with E-state index in [9.17, 15) is 4.79 Å². The van der Waals surface area contributed by atoms with Gasteiger partial charge in [-0.25, -0.2) is 4.98 Å². The van der Waals surface area contributed by atoms with Gasteiger partial charge in [0.2, 0.25) is 0 Å². The van der Waals surface area contributed by atoms with Crippen molar-refractivity contribution in [2.75, 3.05) is 7.05 Å². The summed E-state index contributed by atoms with van der Waals surface area (Å²) < 4.78 is 0. The number of rotatable bonds is 1. The Morgan fingerprint density at radius 1 is 1.70 bits per heavy atom. The predicted octanol–water partition coefficient (Wildman–Crippen LogP) is 0.0822. The quantitative estimate of drug-likeness (QED) is 0.599. The lowest BCUT2D eigenvalue weighted by Crippen LogP contribution is -2.19. The summed E-state index contributed by atoms with van der Waals surface area (Å²) in [4.78, 5) is 18.3. The normalized spacial score (nSPS) is 8.90. The molecular formula is C6H9N3O. The first-order chi connectivity index (χ1) is 4.84. The Bertz CT molecular complexity index is 227. The zero-order valence-electron chi connectivity index (χ0n) is 5.53. The number of carbonyl (C=O) groups is 1. The number of carbonyl (C=O) groups excluding carboxylic acids is 1. The molecule has 4 heteroatoms. The number of aromatic nitrogens is 2. The standard InChI is InChI=1S/C6H7N3O.H2/c1-7-6(10)5-4-8-2-3-9-5;/h2-4H,1H3,(H,7,10);1H. The molecule has 0 aliphatic carbocycles. The van der Waals surface area contributed by atoms with Crippen LogP contribution in [-0.2, 0) is 0 Å². The Labute approximate surface area is 59.8 Å². The third kappa shape index (κ3) is 1.28. The average Bonchev–Trinajstić information content (AvgIpc) is 2.05. The van der Waals surface area contributed by atoms with Crippen LogP contribution in [0, 0.1) is 0 Å². The smallest absolute Gasteiger partial charge is 0.271 e. The highest BCUT2D eigenvalue weighted by molar-refractivity contribution is 5.91. The summed E-state index contributed by atoms with van der Waals surface area (Å²) in [6.45, 7) is 0. The second-order valence-electron chi connectivity index (χ2n) is 1.67. The molecule has 0 aliphatic rings. The van der Waals surface area contributed by atoms with Gasteiger partial charge in [-0.3, -0.25) is 9.78 Å². The maximum atomic E-state index is 10.8. The van der Waals surface area contributed by atoms with Gasteiger partial charge >= 0.3 is 0 Å². The second kappa shape index (κ2) is 2.91. The molecule has 1 rings (SSSR count). The van der Waals surface area contributed by atoms with E-state index >= 15 is 0 Å². The molecule has 0 saturated carbocycles. The highest BCUT2D eigenvalue weighted by Crippen LogP contribution is 1.87.